The van der Waals surface area contributed by atoms with Crippen LogP contribution in [0.25, 0.3) is 0 Å². The second-order valence-corrected chi connectivity index (χ2v) is 3.59. The molecule has 0 saturated carbocycles. The monoisotopic (exact) mass is 232 g/mol. The number of hydrogen-bond donors (Lipinski definition) is 0. The molecule has 76 valence electrons. The Balaban J connectivity index is 3.32. The van der Waals surface area contributed by atoms with Gasteiger partial charge in [0.2, 0.25) is 0 Å². The van der Waals surface area contributed by atoms with Crippen LogP contribution in [0.3, 0.4) is 0 Å². The molecule has 0 aromatic heterocycles. The van der Waals surface area contributed by atoms with Crippen molar-refractivity contribution in [2.45, 2.75) is 13.3 Å². The number of hydrogen-bond acceptors (Lipinski definition) is 2. The smallest absolute Gasteiger partial charge is 0.166 e. The summed E-state index contributed by atoms with van der Waals surface area (Å²) >= 11 is 11.7. The maximum absolute atomic E-state index is 11.5. The summed E-state index contributed by atoms with van der Waals surface area (Å²) in [7, 11) is 1.47. The van der Waals surface area contributed by atoms with Crippen molar-refractivity contribution < 1.29 is 9.53 Å². The summed E-state index contributed by atoms with van der Waals surface area (Å²) < 4.78 is 5.04. The van der Waals surface area contributed by atoms with E-state index in [0.717, 1.165) is 0 Å². The van der Waals surface area contributed by atoms with E-state index in [2.05, 4.69) is 0 Å². The molecule has 1 aromatic rings. The van der Waals surface area contributed by atoms with Gasteiger partial charge in [-0.1, -0.05) is 30.1 Å². The molecular formula is C10H10Cl2O2. The second kappa shape index (κ2) is 4.67. The lowest BCUT2D eigenvalue weighted by atomic mass is 10.1. The van der Waals surface area contributed by atoms with Gasteiger partial charge < -0.3 is 4.74 Å². The van der Waals surface area contributed by atoms with Crippen LogP contribution in [0.4, 0.5) is 0 Å². The maximum Gasteiger partial charge on any atom is 0.166 e. The number of rotatable bonds is 3. The van der Waals surface area contributed by atoms with E-state index in [1.54, 1.807) is 19.1 Å². The Bertz CT molecular complexity index is 361. The first kappa shape index (κ1) is 11.3. The van der Waals surface area contributed by atoms with E-state index in [9.17, 15) is 4.79 Å². The van der Waals surface area contributed by atoms with Crippen molar-refractivity contribution in [3.8, 4) is 5.75 Å². The molecule has 0 aliphatic rings. The Hall–Kier alpha value is -0.730. The predicted octanol–water partition coefficient (Wildman–Crippen LogP) is 3.59. The predicted molar refractivity (Wildman–Crippen MR) is 57.6 cm³/mol. The molecule has 0 heterocycles. The average Bonchev–Trinajstić information content (AvgIpc) is 2.15. The zero-order valence-electron chi connectivity index (χ0n) is 7.93. The van der Waals surface area contributed by atoms with E-state index in [4.69, 9.17) is 27.9 Å². The van der Waals surface area contributed by atoms with Gasteiger partial charge in [-0.3, -0.25) is 4.79 Å². The standard InChI is InChI=1S/C10H10Cl2O2/c1-3-9(13)7-4-6(11)5-8(12)10(7)14-2/h4-5H,3H2,1-2H3. The molecule has 1 rings (SSSR count). The van der Waals surface area contributed by atoms with E-state index in [1.807, 2.05) is 0 Å². The number of benzene rings is 1. The summed E-state index contributed by atoms with van der Waals surface area (Å²) in [5.41, 5.74) is 0.438. The topological polar surface area (TPSA) is 26.3 Å². The van der Waals surface area contributed by atoms with Crippen LogP contribution in [0.15, 0.2) is 12.1 Å². The molecule has 1 aromatic carbocycles. The van der Waals surface area contributed by atoms with Gasteiger partial charge in [0.05, 0.1) is 17.7 Å². The second-order valence-electron chi connectivity index (χ2n) is 2.75. The minimum atomic E-state index is -0.0359. The summed E-state index contributed by atoms with van der Waals surface area (Å²) in [6.45, 7) is 1.77. The number of ether oxygens (including phenoxy) is 1. The van der Waals surface area contributed by atoms with Gasteiger partial charge in [-0.25, -0.2) is 0 Å². The third-order valence-electron chi connectivity index (χ3n) is 1.83. The molecule has 0 atom stereocenters. The highest BCUT2D eigenvalue weighted by atomic mass is 35.5. The average molecular weight is 233 g/mol. The van der Waals surface area contributed by atoms with E-state index in [-0.39, 0.29) is 5.78 Å². The van der Waals surface area contributed by atoms with E-state index >= 15 is 0 Å². The van der Waals surface area contributed by atoms with Crippen molar-refractivity contribution >= 4 is 29.0 Å². The maximum atomic E-state index is 11.5. The molecule has 0 spiro atoms. The number of ketones is 1. The van der Waals surface area contributed by atoms with E-state index < -0.39 is 0 Å². The molecular weight excluding hydrogens is 223 g/mol. The van der Waals surface area contributed by atoms with Crippen molar-refractivity contribution in [1.29, 1.82) is 0 Å². The minimum absolute atomic E-state index is 0.0359. The molecule has 0 bridgehead atoms. The molecule has 0 unspecified atom stereocenters. The van der Waals surface area contributed by atoms with Gasteiger partial charge in [0, 0.05) is 11.4 Å². The largest absolute Gasteiger partial charge is 0.494 e. The Morgan fingerprint density at radius 2 is 2.07 bits per heavy atom. The van der Waals surface area contributed by atoms with Crippen molar-refractivity contribution in [3.63, 3.8) is 0 Å². The van der Waals surface area contributed by atoms with Crippen LogP contribution in [-0.2, 0) is 0 Å². The molecule has 0 saturated heterocycles. The molecule has 0 fully saturated rings. The lowest BCUT2D eigenvalue weighted by Gasteiger charge is -2.08. The highest BCUT2D eigenvalue weighted by Gasteiger charge is 2.14. The van der Waals surface area contributed by atoms with E-state index in [0.29, 0.717) is 27.8 Å². The van der Waals surface area contributed by atoms with Crippen LogP contribution in [-0.4, -0.2) is 12.9 Å². The van der Waals surface area contributed by atoms with Gasteiger partial charge in [-0.05, 0) is 12.1 Å². The number of halogens is 2. The Morgan fingerprint density at radius 1 is 1.43 bits per heavy atom. The number of methoxy groups -OCH3 is 1. The van der Waals surface area contributed by atoms with Crippen LogP contribution in [0.1, 0.15) is 23.7 Å². The third-order valence-corrected chi connectivity index (χ3v) is 2.33. The first-order valence-electron chi connectivity index (χ1n) is 4.16. The van der Waals surface area contributed by atoms with Crippen LogP contribution in [0.2, 0.25) is 10.0 Å². The van der Waals surface area contributed by atoms with Crippen LogP contribution in [0.5, 0.6) is 5.75 Å². The van der Waals surface area contributed by atoms with E-state index in [1.165, 1.54) is 7.11 Å². The molecule has 0 N–H and O–H groups in total. The number of carbonyl (C=O) groups excluding carboxylic acids is 1. The molecule has 14 heavy (non-hydrogen) atoms. The zero-order valence-corrected chi connectivity index (χ0v) is 9.45. The summed E-state index contributed by atoms with van der Waals surface area (Å²) in [4.78, 5) is 11.5. The van der Waals surface area contributed by atoms with Gasteiger partial charge in [0.25, 0.3) is 0 Å². The summed E-state index contributed by atoms with van der Waals surface area (Å²) in [5.74, 6) is 0.356. The molecule has 2 nitrogen and oxygen atoms in total. The molecule has 4 heteroatoms. The van der Waals surface area contributed by atoms with Crippen LogP contribution < -0.4 is 4.74 Å². The number of carbonyl (C=O) groups is 1. The normalized spacial score (nSPS) is 10.0. The Kier molecular flexibility index (Phi) is 3.78. The number of Topliss-reactive ketones (excluding diaryl/α,β-unsaturated/α-hetero) is 1. The Morgan fingerprint density at radius 3 is 2.57 bits per heavy atom. The summed E-state index contributed by atoms with van der Waals surface area (Å²) in [6, 6.07) is 3.12. The first-order valence-corrected chi connectivity index (χ1v) is 4.92. The lowest BCUT2D eigenvalue weighted by molar-refractivity contribution is 0.0985. The Labute approximate surface area is 92.8 Å². The van der Waals surface area contributed by atoms with Crippen LogP contribution >= 0.6 is 23.2 Å². The fraction of sp³-hybridized carbons (Fsp3) is 0.300. The fourth-order valence-corrected chi connectivity index (χ4v) is 1.74. The first-order chi connectivity index (χ1) is 6.60. The van der Waals surface area contributed by atoms with Crippen molar-refractivity contribution in [2.75, 3.05) is 7.11 Å². The molecule has 0 amide bonds. The van der Waals surface area contributed by atoms with Crippen molar-refractivity contribution in [2.24, 2.45) is 0 Å². The highest BCUT2D eigenvalue weighted by Crippen LogP contribution is 2.32. The fourth-order valence-electron chi connectivity index (χ4n) is 1.17. The third kappa shape index (κ3) is 2.20. The SMILES string of the molecule is CCC(=O)c1cc(Cl)cc(Cl)c1OC. The molecule has 0 aliphatic heterocycles. The molecule has 0 aliphatic carbocycles. The van der Waals surface area contributed by atoms with Crippen LogP contribution in [0, 0.1) is 0 Å². The minimum Gasteiger partial charge on any atom is -0.494 e. The highest BCUT2D eigenvalue weighted by molar-refractivity contribution is 6.36. The van der Waals surface area contributed by atoms with Gasteiger partial charge in [0.1, 0.15) is 5.75 Å². The lowest BCUT2D eigenvalue weighted by Crippen LogP contribution is -2.01. The van der Waals surface area contributed by atoms with Gasteiger partial charge in [-0.15, -0.1) is 0 Å². The zero-order chi connectivity index (χ0) is 10.7. The van der Waals surface area contributed by atoms with Gasteiger partial charge in [-0.2, -0.15) is 0 Å². The van der Waals surface area contributed by atoms with Gasteiger partial charge >= 0.3 is 0 Å². The quantitative estimate of drug-likeness (QED) is 0.745. The molecule has 0 radical (unpaired) electrons. The van der Waals surface area contributed by atoms with Crippen molar-refractivity contribution in [3.05, 3.63) is 27.7 Å². The summed E-state index contributed by atoms with van der Waals surface area (Å²) in [5, 5.41) is 0.796. The van der Waals surface area contributed by atoms with Crippen molar-refractivity contribution in [1.82, 2.24) is 0 Å². The summed E-state index contributed by atoms with van der Waals surface area (Å²) in [6.07, 6.45) is 0.396. The van der Waals surface area contributed by atoms with Gasteiger partial charge in [0.15, 0.2) is 5.78 Å².